The molecule has 0 heterocycles. The molecule has 0 aliphatic heterocycles. The Morgan fingerprint density at radius 3 is 2.12 bits per heavy atom. The van der Waals surface area contributed by atoms with Crippen LogP contribution in [-0.2, 0) is 13.1 Å². The second-order valence-corrected chi connectivity index (χ2v) is 5.78. The van der Waals surface area contributed by atoms with Gasteiger partial charge in [-0.3, -0.25) is 0 Å². The Morgan fingerprint density at radius 2 is 1.46 bits per heavy atom. The molecule has 3 aromatic rings. The molecule has 3 heteroatoms. The van der Waals surface area contributed by atoms with E-state index >= 15 is 0 Å². The SMILES string of the molecule is COc1ccc(N(Cc2ccccc2)Cc2cccc(N)c2)cc1. The topological polar surface area (TPSA) is 38.5 Å². The third kappa shape index (κ3) is 4.07. The number of nitrogen functional groups attached to an aromatic ring is 1. The number of benzene rings is 3. The van der Waals surface area contributed by atoms with Crippen molar-refractivity contribution >= 4 is 11.4 Å². The van der Waals surface area contributed by atoms with Crippen LogP contribution in [0.15, 0.2) is 78.9 Å². The summed E-state index contributed by atoms with van der Waals surface area (Å²) in [6.45, 7) is 1.63. The third-order valence-corrected chi connectivity index (χ3v) is 3.98. The normalized spacial score (nSPS) is 10.4. The fraction of sp³-hybridized carbons (Fsp3) is 0.143. The molecule has 0 unspecified atom stereocenters. The predicted octanol–water partition coefficient (Wildman–Crippen LogP) is 4.48. The first-order valence-corrected chi connectivity index (χ1v) is 8.02. The number of rotatable bonds is 6. The second kappa shape index (κ2) is 7.55. The van der Waals surface area contributed by atoms with Crippen molar-refractivity contribution in [2.75, 3.05) is 17.7 Å². The molecule has 3 rings (SSSR count). The lowest BCUT2D eigenvalue weighted by Gasteiger charge is -2.25. The van der Waals surface area contributed by atoms with Crippen LogP contribution in [0, 0.1) is 0 Å². The quantitative estimate of drug-likeness (QED) is 0.681. The third-order valence-electron chi connectivity index (χ3n) is 3.98. The Hall–Kier alpha value is -2.94. The van der Waals surface area contributed by atoms with E-state index in [9.17, 15) is 0 Å². The number of anilines is 2. The first-order chi connectivity index (χ1) is 11.7. The number of hydrogen-bond donors (Lipinski definition) is 1. The number of nitrogens with zero attached hydrogens (tertiary/aromatic N) is 1. The molecule has 2 N–H and O–H groups in total. The average molecular weight is 318 g/mol. The largest absolute Gasteiger partial charge is 0.497 e. The Kier molecular flexibility index (Phi) is 5.02. The van der Waals surface area contributed by atoms with Gasteiger partial charge in [-0.1, -0.05) is 42.5 Å². The first kappa shape index (κ1) is 15.9. The molecule has 3 aromatic carbocycles. The highest BCUT2D eigenvalue weighted by Crippen LogP contribution is 2.23. The zero-order chi connectivity index (χ0) is 16.8. The maximum Gasteiger partial charge on any atom is 0.119 e. The average Bonchev–Trinajstić information content (AvgIpc) is 2.62. The van der Waals surface area contributed by atoms with Gasteiger partial charge in [0.05, 0.1) is 7.11 Å². The van der Waals surface area contributed by atoms with Gasteiger partial charge in [-0.25, -0.2) is 0 Å². The minimum Gasteiger partial charge on any atom is -0.497 e. The van der Waals surface area contributed by atoms with Crippen molar-refractivity contribution < 1.29 is 4.74 Å². The molecule has 0 fully saturated rings. The summed E-state index contributed by atoms with van der Waals surface area (Å²) in [7, 11) is 1.68. The van der Waals surface area contributed by atoms with E-state index in [4.69, 9.17) is 10.5 Å². The van der Waals surface area contributed by atoms with E-state index in [2.05, 4.69) is 47.4 Å². The van der Waals surface area contributed by atoms with E-state index < -0.39 is 0 Å². The highest BCUT2D eigenvalue weighted by Gasteiger charge is 2.09. The lowest BCUT2D eigenvalue weighted by Crippen LogP contribution is -2.22. The van der Waals surface area contributed by atoms with Crippen molar-refractivity contribution in [3.8, 4) is 5.75 Å². The van der Waals surface area contributed by atoms with E-state index in [1.165, 1.54) is 11.1 Å². The van der Waals surface area contributed by atoms with Gasteiger partial charge in [0, 0.05) is 24.5 Å². The van der Waals surface area contributed by atoms with Gasteiger partial charge in [0.1, 0.15) is 5.75 Å². The van der Waals surface area contributed by atoms with Crippen LogP contribution >= 0.6 is 0 Å². The van der Waals surface area contributed by atoms with Crippen LogP contribution in [0.5, 0.6) is 5.75 Å². The van der Waals surface area contributed by atoms with Gasteiger partial charge in [-0.15, -0.1) is 0 Å². The second-order valence-electron chi connectivity index (χ2n) is 5.78. The molecular formula is C21H22N2O. The minimum atomic E-state index is 0.793. The summed E-state index contributed by atoms with van der Waals surface area (Å²) < 4.78 is 5.27. The van der Waals surface area contributed by atoms with Crippen molar-refractivity contribution in [1.29, 1.82) is 0 Å². The summed E-state index contributed by atoms with van der Waals surface area (Å²) in [4.78, 5) is 2.34. The molecule has 0 atom stereocenters. The van der Waals surface area contributed by atoms with Crippen molar-refractivity contribution in [1.82, 2.24) is 0 Å². The van der Waals surface area contributed by atoms with E-state index in [-0.39, 0.29) is 0 Å². The van der Waals surface area contributed by atoms with Crippen molar-refractivity contribution in [3.63, 3.8) is 0 Å². The van der Waals surface area contributed by atoms with Gasteiger partial charge in [0.15, 0.2) is 0 Å². The van der Waals surface area contributed by atoms with Gasteiger partial charge in [-0.05, 0) is 47.5 Å². The molecule has 0 saturated heterocycles. The molecule has 0 radical (unpaired) electrons. The van der Waals surface area contributed by atoms with E-state index in [0.717, 1.165) is 30.2 Å². The maximum absolute atomic E-state index is 5.93. The van der Waals surface area contributed by atoms with Crippen LogP contribution in [0.2, 0.25) is 0 Å². The molecule has 0 aromatic heterocycles. The standard InChI is InChI=1S/C21H22N2O/c1-24-21-12-10-20(11-13-21)23(15-17-6-3-2-4-7-17)16-18-8-5-9-19(22)14-18/h2-14H,15-16,22H2,1H3. The molecule has 0 aliphatic rings. The molecule has 0 bridgehead atoms. The summed E-state index contributed by atoms with van der Waals surface area (Å²) in [5, 5.41) is 0. The van der Waals surface area contributed by atoms with Crippen LogP contribution in [0.1, 0.15) is 11.1 Å². The molecule has 0 amide bonds. The van der Waals surface area contributed by atoms with Crippen molar-refractivity contribution in [2.24, 2.45) is 0 Å². The lowest BCUT2D eigenvalue weighted by molar-refractivity contribution is 0.415. The smallest absolute Gasteiger partial charge is 0.119 e. The fourth-order valence-corrected chi connectivity index (χ4v) is 2.75. The molecule has 0 aliphatic carbocycles. The fourth-order valence-electron chi connectivity index (χ4n) is 2.75. The molecule has 122 valence electrons. The summed E-state index contributed by atoms with van der Waals surface area (Å²) in [5.41, 5.74) is 10.3. The molecule has 24 heavy (non-hydrogen) atoms. The predicted molar refractivity (Wildman–Crippen MR) is 100 cm³/mol. The summed E-state index contributed by atoms with van der Waals surface area (Å²) in [6.07, 6.45) is 0. The Morgan fingerprint density at radius 1 is 0.792 bits per heavy atom. The monoisotopic (exact) mass is 318 g/mol. The number of nitrogens with two attached hydrogens (primary N) is 1. The van der Waals surface area contributed by atoms with Gasteiger partial charge in [0.2, 0.25) is 0 Å². The van der Waals surface area contributed by atoms with Crippen molar-refractivity contribution in [2.45, 2.75) is 13.1 Å². The van der Waals surface area contributed by atoms with Crippen LogP contribution in [-0.4, -0.2) is 7.11 Å². The minimum absolute atomic E-state index is 0.793. The van der Waals surface area contributed by atoms with Crippen molar-refractivity contribution in [3.05, 3.63) is 90.0 Å². The van der Waals surface area contributed by atoms with E-state index in [0.29, 0.717) is 0 Å². The van der Waals surface area contributed by atoms with Crippen LogP contribution in [0.25, 0.3) is 0 Å². The van der Waals surface area contributed by atoms with Crippen LogP contribution in [0.3, 0.4) is 0 Å². The van der Waals surface area contributed by atoms with E-state index in [1.54, 1.807) is 7.11 Å². The zero-order valence-electron chi connectivity index (χ0n) is 13.9. The highest BCUT2D eigenvalue weighted by molar-refractivity contribution is 5.51. The molecule has 0 saturated carbocycles. The van der Waals surface area contributed by atoms with E-state index in [1.807, 2.05) is 36.4 Å². The van der Waals surface area contributed by atoms with Gasteiger partial charge < -0.3 is 15.4 Å². The highest BCUT2D eigenvalue weighted by atomic mass is 16.5. The maximum atomic E-state index is 5.93. The van der Waals surface area contributed by atoms with Gasteiger partial charge in [0.25, 0.3) is 0 Å². The Balaban J connectivity index is 1.87. The number of ether oxygens (including phenoxy) is 1. The molecular weight excluding hydrogens is 296 g/mol. The molecule has 3 nitrogen and oxygen atoms in total. The van der Waals surface area contributed by atoms with Crippen LogP contribution < -0.4 is 15.4 Å². The van der Waals surface area contributed by atoms with Gasteiger partial charge in [-0.2, -0.15) is 0 Å². The summed E-state index contributed by atoms with van der Waals surface area (Å²) in [5.74, 6) is 0.863. The summed E-state index contributed by atoms with van der Waals surface area (Å²) in [6, 6.07) is 26.7. The first-order valence-electron chi connectivity index (χ1n) is 8.02. The Labute approximate surface area is 143 Å². The molecule has 0 spiro atoms. The van der Waals surface area contributed by atoms with Gasteiger partial charge >= 0.3 is 0 Å². The Bertz CT molecular complexity index is 769. The lowest BCUT2D eigenvalue weighted by atomic mass is 10.1. The van der Waals surface area contributed by atoms with Crippen LogP contribution in [0.4, 0.5) is 11.4 Å². The summed E-state index contributed by atoms with van der Waals surface area (Å²) >= 11 is 0. The number of hydrogen-bond acceptors (Lipinski definition) is 3. The number of methoxy groups -OCH3 is 1. The zero-order valence-corrected chi connectivity index (χ0v) is 13.9.